The van der Waals surface area contributed by atoms with Crippen molar-refractivity contribution in [3.8, 4) is 0 Å². The minimum atomic E-state index is 0.419. The third kappa shape index (κ3) is 3.80. The number of piperidine rings is 1. The van der Waals surface area contributed by atoms with E-state index < -0.39 is 0 Å². The van der Waals surface area contributed by atoms with Gasteiger partial charge < -0.3 is 10.6 Å². The Kier molecular flexibility index (Phi) is 5.20. The molecule has 0 aromatic heterocycles. The molecule has 3 heteroatoms. The molecule has 0 spiro atoms. The second-order valence-electron chi connectivity index (χ2n) is 7.66. The summed E-state index contributed by atoms with van der Waals surface area (Å²) < 4.78 is 0. The summed E-state index contributed by atoms with van der Waals surface area (Å²) in [6.07, 6.45) is 14.6. The molecule has 21 heavy (non-hydrogen) atoms. The van der Waals surface area contributed by atoms with Gasteiger partial charge in [0.05, 0.1) is 0 Å². The van der Waals surface area contributed by atoms with Crippen LogP contribution in [0.3, 0.4) is 0 Å². The summed E-state index contributed by atoms with van der Waals surface area (Å²) in [5.41, 5.74) is 5.97. The van der Waals surface area contributed by atoms with Gasteiger partial charge in [0.15, 0.2) is 0 Å². The van der Waals surface area contributed by atoms with Crippen molar-refractivity contribution in [3.63, 3.8) is 0 Å². The lowest BCUT2D eigenvalue weighted by molar-refractivity contribution is -0.137. The second-order valence-corrected chi connectivity index (χ2v) is 7.66. The molecule has 3 fully saturated rings. The summed E-state index contributed by atoms with van der Waals surface area (Å²) in [6.45, 7) is 1.02. The molecular weight excluding hydrogens is 260 g/mol. The van der Waals surface area contributed by atoms with Crippen molar-refractivity contribution in [3.05, 3.63) is 0 Å². The molecule has 1 amide bonds. The van der Waals surface area contributed by atoms with Gasteiger partial charge in [-0.15, -0.1) is 0 Å². The molecule has 0 unspecified atom stereocenters. The van der Waals surface area contributed by atoms with Gasteiger partial charge in [-0.05, 0) is 69.6 Å². The van der Waals surface area contributed by atoms with Crippen LogP contribution in [0.25, 0.3) is 0 Å². The number of hydrogen-bond donors (Lipinski definition) is 1. The van der Waals surface area contributed by atoms with Crippen molar-refractivity contribution in [2.75, 3.05) is 6.54 Å². The molecule has 1 saturated heterocycles. The first kappa shape index (κ1) is 15.3. The number of carbonyl (C=O) groups is 1. The van der Waals surface area contributed by atoms with Crippen molar-refractivity contribution in [2.45, 2.75) is 89.1 Å². The topological polar surface area (TPSA) is 46.3 Å². The van der Waals surface area contributed by atoms with E-state index in [1.165, 1.54) is 51.4 Å². The normalized spacial score (nSPS) is 37.1. The molecule has 1 heterocycles. The Bertz CT molecular complexity index is 347. The molecule has 0 aromatic carbocycles. The number of nitrogens with zero attached hydrogens (tertiary/aromatic N) is 1. The SMILES string of the molecule is NC1CCC(CCC(=O)N2CCC[C@H]3CCCC[C@H]32)CC1. The Morgan fingerprint density at radius 1 is 0.952 bits per heavy atom. The van der Waals surface area contributed by atoms with Gasteiger partial charge >= 0.3 is 0 Å². The summed E-state index contributed by atoms with van der Waals surface area (Å²) in [5.74, 6) is 2.01. The van der Waals surface area contributed by atoms with E-state index in [0.29, 0.717) is 18.0 Å². The molecule has 1 aliphatic heterocycles. The predicted octanol–water partition coefficient (Wildman–Crippen LogP) is 3.47. The van der Waals surface area contributed by atoms with Crippen molar-refractivity contribution in [1.29, 1.82) is 0 Å². The highest BCUT2D eigenvalue weighted by Gasteiger charge is 2.35. The van der Waals surface area contributed by atoms with Gasteiger partial charge in [0.25, 0.3) is 0 Å². The fourth-order valence-corrected chi connectivity index (χ4v) is 4.88. The Hall–Kier alpha value is -0.570. The predicted molar refractivity (Wildman–Crippen MR) is 85.9 cm³/mol. The number of fused-ring (bicyclic) bond motifs is 1. The van der Waals surface area contributed by atoms with Crippen LogP contribution >= 0.6 is 0 Å². The summed E-state index contributed by atoms with van der Waals surface area (Å²) in [5, 5.41) is 0. The van der Waals surface area contributed by atoms with Crippen LogP contribution in [0.1, 0.15) is 77.0 Å². The number of likely N-dealkylation sites (tertiary alicyclic amines) is 1. The Morgan fingerprint density at radius 2 is 1.67 bits per heavy atom. The average molecular weight is 292 g/mol. The van der Waals surface area contributed by atoms with Crippen molar-refractivity contribution < 1.29 is 4.79 Å². The number of rotatable bonds is 3. The van der Waals surface area contributed by atoms with Crippen LogP contribution in [0.15, 0.2) is 0 Å². The average Bonchev–Trinajstić information content (AvgIpc) is 2.53. The molecule has 0 radical (unpaired) electrons. The molecule has 0 bridgehead atoms. The lowest BCUT2D eigenvalue weighted by Gasteiger charge is -2.44. The molecule has 2 N–H and O–H groups in total. The Labute approximate surface area is 129 Å². The quantitative estimate of drug-likeness (QED) is 0.866. The molecule has 0 aromatic rings. The minimum absolute atomic E-state index is 0.419. The highest BCUT2D eigenvalue weighted by Crippen LogP contribution is 2.36. The summed E-state index contributed by atoms with van der Waals surface area (Å²) in [6, 6.07) is 1.00. The van der Waals surface area contributed by atoms with Crippen LogP contribution in [0, 0.1) is 11.8 Å². The fraction of sp³-hybridized carbons (Fsp3) is 0.944. The van der Waals surface area contributed by atoms with Crippen LogP contribution in [0.2, 0.25) is 0 Å². The van der Waals surface area contributed by atoms with E-state index in [0.717, 1.165) is 44.1 Å². The second kappa shape index (κ2) is 7.13. The smallest absolute Gasteiger partial charge is 0.222 e. The van der Waals surface area contributed by atoms with E-state index >= 15 is 0 Å². The summed E-state index contributed by atoms with van der Waals surface area (Å²) >= 11 is 0. The van der Waals surface area contributed by atoms with Gasteiger partial charge in [0, 0.05) is 25.0 Å². The maximum atomic E-state index is 12.7. The summed E-state index contributed by atoms with van der Waals surface area (Å²) in [4.78, 5) is 14.9. The number of amides is 1. The number of carbonyl (C=O) groups excluding carboxylic acids is 1. The fourth-order valence-electron chi connectivity index (χ4n) is 4.88. The van der Waals surface area contributed by atoms with E-state index in [1.807, 2.05) is 0 Å². The lowest BCUT2D eigenvalue weighted by Crippen LogP contribution is -2.49. The van der Waals surface area contributed by atoms with E-state index in [-0.39, 0.29) is 0 Å². The third-order valence-corrected chi connectivity index (χ3v) is 6.22. The molecule has 2 aliphatic carbocycles. The van der Waals surface area contributed by atoms with E-state index in [1.54, 1.807) is 0 Å². The van der Waals surface area contributed by atoms with Gasteiger partial charge in [-0.3, -0.25) is 4.79 Å². The number of hydrogen-bond acceptors (Lipinski definition) is 2. The first-order chi connectivity index (χ1) is 10.2. The van der Waals surface area contributed by atoms with E-state index in [9.17, 15) is 4.79 Å². The van der Waals surface area contributed by atoms with Crippen LogP contribution in [0.4, 0.5) is 0 Å². The number of nitrogens with two attached hydrogens (primary N) is 1. The van der Waals surface area contributed by atoms with Crippen molar-refractivity contribution >= 4 is 5.91 Å². The highest BCUT2D eigenvalue weighted by atomic mass is 16.2. The van der Waals surface area contributed by atoms with Gasteiger partial charge in [-0.1, -0.05) is 12.8 Å². The van der Waals surface area contributed by atoms with Gasteiger partial charge in [0.1, 0.15) is 0 Å². The van der Waals surface area contributed by atoms with Crippen LogP contribution < -0.4 is 5.73 Å². The van der Waals surface area contributed by atoms with Gasteiger partial charge in [0.2, 0.25) is 5.91 Å². The maximum absolute atomic E-state index is 12.7. The molecule has 3 aliphatic rings. The van der Waals surface area contributed by atoms with Crippen LogP contribution in [-0.2, 0) is 4.79 Å². The van der Waals surface area contributed by atoms with E-state index in [4.69, 9.17) is 5.73 Å². The molecule has 120 valence electrons. The van der Waals surface area contributed by atoms with E-state index in [2.05, 4.69) is 4.90 Å². The summed E-state index contributed by atoms with van der Waals surface area (Å²) in [7, 11) is 0. The first-order valence-corrected chi connectivity index (χ1v) is 9.29. The van der Waals surface area contributed by atoms with Gasteiger partial charge in [-0.2, -0.15) is 0 Å². The third-order valence-electron chi connectivity index (χ3n) is 6.22. The van der Waals surface area contributed by atoms with Crippen molar-refractivity contribution in [1.82, 2.24) is 4.90 Å². The highest BCUT2D eigenvalue weighted by molar-refractivity contribution is 5.76. The molecule has 3 rings (SSSR count). The monoisotopic (exact) mass is 292 g/mol. The minimum Gasteiger partial charge on any atom is -0.339 e. The van der Waals surface area contributed by atoms with Crippen molar-refractivity contribution in [2.24, 2.45) is 17.6 Å². The Balaban J connectivity index is 1.48. The Morgan fingerprint density at radius 3 is 2.48 bits per heavy atom. The largest absolute Gasteiger partial charge is 0.339 e. The molecule has 2 saturated carbocycles. The molecular formula is C18H32N2O. The molecule has 3 nitrogen and oxygen atoms in total. The first-order valence-electron chi connectivity index (χ1n) is 9.29. The lowest BCUT2D eigenvalue weighted by atomic mass is 9.78. The zero-order chi connectivity index (χ0) is 14.7. The zero-order valence-electron chi connectivity index (χ0n) is 13.4. The standard InChI is InChI=1S/C18H32N2O/c19-16-10-7-14(8-11-16)9-12-18(21)20-13-3-5-15-4-1-2-6-17(15)20/h14-17H,1-13,19H2/t14?,15-,16?,17-/m1/s1. The zero-order valence-corrected chi connectivity index (χ0v) is 13.4. The van der Waals surface area contributed by atoms with Crippen LogP contribution in [-0.4, -0.2) is 29.4 Å². The van der Waals surface area contributed by atoms with Gasteiger partial charge in [-0.25, -0.2) is 0 Å². The van der Waals surface area contributed by atoms with Crippen LogP contribution in [0.5, 0.6) is 0 Å². The molecule has 2 atom stereocenters. The maximum Gasteiger partial charge on any atom is 0.222 e.